The van der Waals surface area contributed by atoms with Gasteiger partial charge >= 0.3 is 5.97 Å². The minimum absolute atomic E-state index is 0.374. The van der Waals surface area contributed by atoms with Crippen molar-refractivity contribution >= 4 is 33.4 Å². The van der Waals surface area contributed by atoms with E-state index in [2.05, 4.69) is 10.8 Å². The van der Waals surface area contributed by atoms with Crippen LogP contribution in [-0.2, 0) is 11.0 Å². The van der Waals surface area contributed by atoms with Gasteiger partial charge in [0.1, 0.15) is 5.82 Å². The van der Waals surface area contributed by atoms with Crippen molar-refractivity contribution in [1.29, 1.82) is 0 Å². The summed E-state index contributed by atoms with van der Waals surface area (Å²) in [6.07, 6.45) is 0. The average molecular weight is 462 g/mol. The van der Waals surface area contributed by atoms with E-state index in [1.165, 1.54) is 12.1 Å². The summed E-state index contributed by atoms with van der Waals surface area (Å²) in [7, 11) is -1.48. The Kier molecular flexibility index (Phi) is 6.04. The Morgan fingerprint density at radius 3 is 2.15 bits per heavy atom. The molecule has 0 saturated heterocycles. The number of carboxylic acid groups (broad SMARTS) is 1. The Morgan fingerprint density at radius 2 is 1.52 bits per heavy atom. The molecule has 168 valence electrons. The molecule has 33 heavy (non-hydrogen) atoms. The van der Waals surface area contributed by atoms with Crippen LogP contribution < -0.4 is 4.72 Å². The molecule has 1 atom stereocenters. The number of fused-ring (bicyclic) bond motifs is 1. The van der Waals surface area contributed by atoms with Crippen LogP contribution in [0.1, 0.15) is 32.6 Å². The number of carbonyl (C=O) groups is 1. The molecule has 0 radical (unpaired) electrons. The summed E-state index contributed by atoms with van der Waals surface area (Å²) in [5.74, 6) is -2.09. The van der Waals surface area contributed by atoms with Gasteiger partial charge in [0.05, 0.1) is 16.1 Å². The van der Waals surface area contributed by atoms with Crippen molar-refractivity contribution in [2.24, 2.45) is 0 Å². The lowest BCUT2D eigenvalue weighted by molar-refractivity contribution is 0.0692. The Hall–Kier alpha value is -3.51. The molecule has 0 spiro atoms. The highest BCUT2D eigenvalue weighted by molar-refractivity contribution is 7.86. The molecular weight excluding hydrogens is 437 g/mol. The summed E-state index contributed by atoms with van der Waals surface area (Å²) in [6, 6.07) is 17.4. The highest BCUT2D eigenvalue weighted by Crippen LogP contribution is 2.35. The maximum atomic E-state index is 13.9. The van der Waals surface area contributed by atoms with Crippen molar-refractivity contribution in [1.82, 2.24) is 0 Å². The fourth-order valence-corrected chi connectivity index (χ4v) is 5.46. The van der Waals surface area contributed by atoms with Crippen molar-refractivity contribution < 1.29 is 18.5 Å². The zero-order valence-corrected chi connectivity index (χ0v) is 19.6. The summed E-state index contributed by atoms with van der Waals surface area (Å²) in [5, 5.41) is 11.0. The normalized spacial score (nSPS) is 12.0. The molecule has 0 saturated carbocycles. The van der Waals surface area contributed by atoms with Crippen molar-refractivity contribution in [2.45, 2.75) is 32.6 Å². The largest absolute Gasteiger partial charge is 0.478 e. The Labute approximate surface area is 194 Å². The number of anilines is 1. The second kappa shape index (κ2) is 8.79. The molecule has 1 unspecified atom stereocenters. The van der Waals surface area contributed by atoms with Crippen LogP contribution in [0.25, 0.3) is 21.9 Å². The molecule has 4 nitrogen and oxygen atoms in total. The Bertz CT molecular complexity index is 1420. The molecule has 6 heteroatoms. The molecule has 0 aliphatic rings. The smallest absolute Gasteiger partial charge is 0.338 e. The van der Waals surface area contributed by atoms with E-state index in [-0.39, 0.29) is 5.56 Å². The first-order valence-corrected chi connectivity index (χ1v) is 11.6. The van der Waals surface area contributed by atoms with Crippen LogP contribution in [0.2, 0.25) is 0 Å². The molecule has 0 fully saturated rings. The maximum absolute atomic E-state index is 13.9. The van der Waals surface area contributed by atoms with Gasteiger partial charge in [0.15, 0.2) is 11.0 Å². The van der Waals surface area contributed by atoms with Crippen LogP contribution in [0.4, 0.5) is 10.1 Å². The third-order valence-corrected chi connectivity index (χ3v) is 7.51. The van der Waals surface area contributed by atoms with Crippen LogP contribution in [-0.4, -0.2) is 15.3 Å². The number of hydrogen-bond acceptors (Lipinski definition) is 2. The number of aromatic carboxylic acids is 1. The topological polar surface area (TPSA) is 66.4 Å². The highest BCUT2D eigenvalue weighted by Gasteiger charge is 2.18. The second-order valence-electron chi connectivity index (χ2n) is 8.17. The van der Waals surface area contributed by atoms with Gasteiger partial charge in [-0.2, -0.15) is 0 Å². The van der Waals surface area contributed by atoms with Gasteiger partial charge in [-0.05, 0) is 84.7 Å². The zero-order chi connectivity index (χ0) is 23.9. The summed E-state index contributed by atoms with van der Waals surface area (Å²) < 4.78 is 30.5. The minimum atomic E-state index is -1.48. The zero-order valence-electron chi connectivity index (χ0n) is 18.8. The number of hydrogen-bond donors (Lipinski definition) is 2. The van der Waals surface area contributed by atoms with Crippen LogP contribution in [0.15, 0.2) is 65.6 Å². The molecule has 0 aliphatic carbocycles. The highest BCUT2D eigenvalue weighted by atomic mass is 32.2. The lowest BCUT2D eigenvalue weighted by Crippen LogP contribution is -2.10. The van der Waals surface area contributed by atoms with E-state index in [1.807, 2.05) is 64.1 Å². The molecule has 4 aromatic carbocycles. The van der Waals surface area contributed by atoms with Gasteiger partial charge in [-0.25, -0.2) is 13.4 Å². The van der Waals surface area contributed by atoms with E-state index < -0.39 is 22.8 Å². The Balaban J connectivity index is 1.81. The summed E-state index contributed by atoms with van der Waals surface area (Å²) in [6.45, 7) is 7.99. The van der Waals surface area contributed by atoms with Crippen LogP contribution in [0.5, 0.6) is 0 Å². The van der Waals surface area contributed by atoms with Gasteiger partial charge in [-0.1, -0.05) is 42.5 Å². The molecule has 0 bridgehead atoms. The maximum Gasteiger partial charge on any atom is 0.338 e. The van der Waals surface area contributed by atoms with E-state index in [0.29, 0.717) is 11.3 Å². The lowest BCUT2D eigenvalue weighted by atomic mass is 9.96. The van der Waals surface area contributed by atoms with Crippen molar-refractivity contribution in [3.05, 3.63) is 94.3 Å². The lowest BCUT2D eigenvalue weighted by Gasteiger charge is -2.17. The average Bonchev–Trinajstić information content (AvgIpc) is 2.78. The van der Waals surface area contributed by atoms with E-state index in [9.17, 15) is 18.5 Å². The molecule has 4 aromatic rings. The monoisotopic (exact) mass is 461 g/mol. The van der Waals surface area contributed by atoms with Crippen LogP contribution in [0.3, 0.4) is 0 Å². The van der Waals surface area contributed by atoms with E-state index in [4.69, 9.17) is 0 Å². The number of rotatable bonds is 5. The van der Waals surface area contributed by atoms with E-state index in [0.717, 1.165) is 43.5 Å². The molecule has 0 aromatic heterocycles. The third kappa shape index (κ3) is 4.14. The number of carboxylic acids is 1. The summed E-state index contributed by atoms with van der Waals surface area (Å²) in [5.41, 5.74) is 5.87. The fourth-order valence-electron chi connectivity index (χ4n) is 4.11. The Morgan fingerprint density at radius 1 is 0.879 bits per heavy atom. The summed E-state index contributed by atoms with van der Waals surface area (Å²) >= 11 is 0. The molecule has 2 N–H and O–H groups in total. The molecule has 4 rings (SSSR count). The number of benzene rings is 4. The van der Waals surface area contributed by atoms with Crippen molar-refractivity contribution in [3.63, 3.8) is 0 Å². The first-order chi connectivity index (χ1) is 15.7. The van der Waals surface area contributed by atoms with Crippen molar-refractivity contribution in [2.75, 3.05) is 4.72 Å². The van der Waals surface area contributed by atoms with Gasteiger partial charge in [0.25, 0.3) is 0 Å². The van der Waals surface area contributed by atoms with Gasteiger partial charge in [0, 0.05) is 5.39 Å². The van der Waals surface area contributed by atoms with E-state index >= 15 is 0 Å². The van der Waals surface area contributed by atoms with Gasteiger partial charge in [-0.15, -0.1) is 0 Å². The quantitative estimate of drug-likeness (QED) is 0.347. The number of aryl methyl sites for hydroxylation is 2. The number of halogens is 1. The molecule has 0 heterocycles. The minimum Gasteiger partial charge on any atom is -0.478 e. The van der Waals surface area contributed by atoms with Gasteiger partial charge in [0.2, 0.25) is 0 Å². The fraction of sp³-hybridized carbons (Fsp3) is 0.148. The van der Waals surface area contributed by atoms with Crippen LogP contribution in [0, 0.1) is 33.5 Å². The predicted octanol–water partition coefficient (Wildman–Crippen LogP) is 6.71. The molecule has 0 amide bonds. The van der Waals surface area contributed by atoms with Gasteiger partial charge < -0.3 is 9.83 Å². The first-order valence-electron chi connectivity index (χ1n) is 10.5. The molecule has 0 aliphatic heterocycles. The summed E-state index contributed by atoms with van der Waals surface area (Å²) in [4.78, 5) is 12.2. The molecular formula is C27H24FNO3S. The van der Waals surface area contributed by atoms with Crippen molar-refractivity contribution in [3.8, 4) is 11.1 Å². The van der Waals surface area contributed by atoms with Gasteiger partial charge in [-0.3, -0.25) is 0 Å². The third-order valence-electron chi connectivity index (χ3n) is 6.12. The standard InChI is InChI=1S/C27H24FNO3S/c1-15-13-16(2)18(4)26(17(15)3)33(32)29-25-12-10-20(21-7-5-6-8-22(21)25)19-9-11-24(28)23(14-19)27(30)31/h5-14,29H,1-4H3,(H,30,31). The second-order valence-corrected chi connectivity index (χ2v) is 9.32. The number of nitrogens with one attached hydrogen (secondary N) is 1. The SMILES string of the molecule is Cc1cc(C)c(C)c(S(=O)Nc2ccc(-c3ccc(F)c(C(=O)O)c3)c3ccccc23)c1C. The van der Waals surface area contributed by atoms with E-state index in [1.54, 1.807) is 6.07 Å². The first kappa shape index (κ1) is 22.7. The predicted molar refractivity (Wildman–Crippen MR) is 132 cm³/mol. The van der Waals surface area contributed by atoms with Crippen LogP contribution >= 0.6 is 0 Å².